The van der Waals surface area contributed by atoms with Gasteiger partial charge in [-0.3, -0.25) is 4.72 Å². The van der Waals surface area contributed by atoms with Gasteiger partial charge in [-0.2, -0.15) is 0 Å². The molecule has 1 aliphatic heterocycles. The van der Waals surface area contributed by atoms with Gasteiger partial charge in [0.15, 0.2) is 0 Å². The minimum Gasteiger partial charge on any atom is -0.377 e. The molecule has 0 aliphatic carbocycles. The van der Waals surface area contributed by atoms with E-state index in [-0.39, 0.29) is 17.7 Å². The summed E-state index contributed by atoms with van der Waals surface area (Å²) in [5.74, 6) is 0.191. The summed E-state index contributed by atoms with van der Waals surface area (Å²) in [6.07, 6.45) is 2.93. The molecule has 1 aromatic heterocycles. The van der Waals surface area contributed by atoms with Crippen LogP contribution in [0.3, 0.4) is 0 Å². The summed E-state index contributed by atoms with van der Waals surface area (Å²) in [6, 6.07) is 3.05. The van der Waals surface area contributed by atoms with E-state index in [0.29, 0.717) is 11.6 Å². The van der Waals surface area contributed by atoms with Crippen molar-refractivity contribution >= 4 is 27.4 Å². The molecule has 1 N–H and O–H groups in total. The number of aromatic nitrogens is 1. The number of ether oxygens (including phenoxy) is 1. The SMILES string of the molecule is O=S(=O)(CC1CCCO1)Nc1cc(Cl)ccn1. The maximum Gasteiger partial charge on any atom is 0.236 e. The van der Waals surface area contributed by atoms with Crippen LogP contribution in [-0.2, 0) is 14.8 Å². The molecule has 1 saturated heterocycles. The monoisotopic (exact) mass is 276 g/mol. The van der Waals surface area contributed by atoms with Crippen LogP contribution in [0.1, 0.15) is 12.8 Å². The lowest BCUT2D eigenvalue weighted by Crippen LogP contribution is -2.26. The molecule has 1 aliphatic rings. The van der Waals surface area contributed by atoms with Crippen LogP contribution in [0.5, 0.6) is 0 Å². The molecule has 0 saturated carbocycles. The van der Waals surface area contributed by atoms with Crippen LogP contribution >= 0.6 is 11.6 Å². The molecule has 0 radical (unpaired) electrons. The standard InChI is InChI=1S/C10H13ClN2O3S/c11-8-3-4-12-10(6-8)13-17(14,15)7-9-2-1-5-16-9/h3-4,6,9H,1-2,5,7H2,(H,12,13). The molecule has 2 rings (SSSR count). The molecule has 0 bridgehead atoms. The molecule has 0 amide bonds. The van der Waals surface area contributed by atoms with Gasteiger partial charge in [0.1, 0.15) is 5.82 Å². The molecule has 1 atom stereocenters. The first-order valence-electron chi connectivity index (χ1n) is 5.29. The fraction of sp³-hybridized carbons (Fsp3) is 0.500. The summed E-state index contributed by atoms with van der Waals surface area (Å²) in [7, 11) is -3.43. The van der Waals surface area contributed by atoms with E-state index < -0.39 is 10.0 Å². The summed E-state index contributed by atoms with van der Waals surface area (Å²) in [5.41, 5.74) is 0. The van der Waals surface area contributed by atoms with E-state index in [2.05, 4.69) is 9.71 Å². The molecule has 7 heteroatoms. The molecule has 17 heavy (non-hydrogen) atoms. The van der Waals surface area contributed by atoms with Crippen LogP contribution in [0.4, 0.5) is 5.82 Å². The number of hydrogen-bond acceptors (Lipinski definition) is 4. The quantitative estimate of drug-likeness (QED) is 0.908. The highest BCUT2D eigenvalue weighted by atomic mass is 35.5. The highest BCUT2D eigenvalue weighted by Crippen LogP contribution is 2.17. The van der Waals surface area contributed by atoms with Crippen LogP contribution in [0.2, 0.25) is 5.02 Å². The van der Waals surface area contributed by atoms with E-state index in [1.807, 2.05) is 0 Å². The van der Waals surface area contributed by atoms with Gasteiger partial charge in [-0.15, -0.1) is 0 Å². The van der Waals surface area contributed by atoms with Crippen LogP contribution in [0.15, 0.2) is 18.3 Å². The second-order valence-electron chi connectivity index (χ2n) is 3.88. The number of sulfonamides is 1. The number of hydrogen-bond donors (Lipinski definition) is 1. The van der Waals surface area contributed by atoms with E-state index in [1.54, 1.807) is 6.07 Å². The van der Waals surface area contributed by atoms with Crippen LogP contribution in [-0.4, -0.2) is 31.9 Å². The molecule has 5 nitrogen and oxygen atoms in total. The normalized spacial score (nSPS) is 20.4. The van der Waals surface area contributed by atoms with Crippen LogP contribution in [0.25, 0.3) is 0 Å². The Labute approximate surface area is 105 Å². The van der Waals surface area contributed by atoms with Crippen molar-refractivity contribution in [3.63, 3.8) is 0 Å². The predicted octanol–water partition coefficient (Wildman–Crippen LogP) is 1.66. The summed E-state index contributed by atoms with van der Waals surface area (Å²) < 4.78 is 31.3. The van der Waals surface area contributed by atoms with Gasteiger partial charge in [0.2, 0.25) is 10.0 Å². The summed E-state index contributed by atoms with van der Waals surface area (Å²) in [6.45, 7) is 0.635. The van der Waals surface area contributed by atoms with Gasteiger partial charge in [-0.25, -0.2) is 13.4 Å². The molecular formula is C10H13ClN2O3S. The maximum absolute atomic E-state index is 11.8. The average Bonchev–Trinajstić information content (AvgIpc) is 2.68. The van der Waals surface area contributed by atoms with Gasteiger partial charge in [0, 0.05) is 23.9 Å². The lowest BCUT2D eigenvalue weighted by Gasteiger charge is -2.11. The molecule has 1 fully saturated rings. The van der Waals surface area contributed by atoms with E-state index in [4.69, 9.17) is 16.3 Å². The lowest BCUT2D eigenvalue weighted by atomic mass is 10.3. The van der Waals surface area contributed by atoms with Crippen molar-refractivity contribution < 1.29 is 13.2 Å². The van der Waals surface area contributed by atoms with Crippen molar-refractivity contribution in [1.29, 1.82) is 0 Å². The minimum atomic E-state index is -3.43. The van der Waals surface area contributed by atoms with Crippen molar-refractivity contribution in [1.82, 2.24) is 4.98 Å². The topological polar surface area (TPSA) is 68.3 Å². The Kier molecular flexibility index (Phi) is 3.86. The minimum absolute atomic E-state index is 0.0405. The zero-order valence-electron chi connectivity index (χ0n) is 9.10. The number of nitrogens with one attached hydrogen (secondary N) is 1. The van der Waals surface area contributed by atoms with Gasteiger partial charge in [-0.1, -0.05) is 11.6 Å². The molecule has 94 valence electrons. The average molecular weight is 277 g/mol. The third-order valence-corrected chi connectivity index (χ3v) is 3.98. The smallest absolute Gasteiger partial charge is 0.236 e. The van der Waals surface area contributed by atoms with Crippen LogP contribution < -0.4 is 4.72 Å². The number of nitrogens with zero attached hydrogens (tertiary/aromatic N) is 1. The number of pyridine rings is 1. The molecular weight excluding hydrogens is 264 g/mol. The molecule has 0 aromatic carbocycles. The van der Waals surface area contributed by atoms with E-state index >= 15 is 0 Å². The Morgan fingerprint density at radius 1 is 1.59 bits per heavy atom. The van der Waals surface area contributed by atoms with Gasteiger partial charge in [0.25, 0.3) is 0 Å². The Morgan fingerprint density at radius 3 is 3.06 bits per heavy atom. The fourth-order valence-corrected chi connectivity index (χ4v) is 3.11. The van der Waals surface area contributed by atoms with Gasteiger partial charge in [0.05, 0.1) is 11.9 Å². The van der Waals surface area contributed by atoms with Crippen LogP contribution in [0, 0.1) is 0 Å². The third-order valence-electron chi connectivity index (χ3n) is 2.41. The second-order valence-corrected chi connectivity index (χ2v) is 6.08. The summed E-state index contributed by atoms with van der Waals surface area (Å²) in [4.78, 5) is 3.88. The number of rotatable bonds is 4. The molecule has 2 heterocycles. The first-order chi connectivity index (χ1) is 8.05. The van der Waals surface area contributed by atoms with Crippen molar-refractivity contribution in [2.45, 2.75) is 18.9 Å². The van der Waals surface area contributed by atoms with E-state index in [1.165, 1.54) is 12.3 Å². The molecule has 0 spiro atoms. The zero-order valence-corrected chi connectivity index (χ0v) is 10.7. The number of halogens is 1. The van der Waals surface area contributed by atoms with Crippen molar-refractivity contribution in [3.05, 3.63) is 23.4 Å². The Hall–Kier alpha value is -0.850. The van der Waals surface area contributed by atoms with E-state index in [0.717, 1.165) is 12.8 Å². The highest BCUT2D eigenvalue weighted by Gasteiger charge is 2.23. The van der Waals surface area contributed by atoms with Gasteiger partial charge >= 0.3 is 0 Å². The predicted molar refractivity (Wildman–Crippen MR) is 65.6 cm³/mol. The number of anilines is 1. The Balaban J connectivity index is 2.01. The van der Waals surface area contributed by atoms with Crippen molar-refractivity contribution in [2.24, 2.45) is 0 Å². The molecule has 1 unspecified atom stereocenters. The van der Waals surface area contributed by atoms with Gasteiger partial charge in [-0.05, 0) is 18.9 Å². The van der Waals surface area contributed by atoms with E-state index in [9.17, 15) is 8.42 Å². The fourth-order valence-electron chi connectivity index (χ4n) is 1.68. The third kappa shape index (κ3) is 3.83. The highest BCUT2D eigenvalue weighted by molar-refractivity contribution is 7.92. The lowest BCUT2D eigenvalue weighted by molar-refractivity contribution is 0.127. The van der Waals surface area contributed by atoms with Crippen molar-refractivity contribution in [2.75, 3.05) is 17.1 Å². The van der Waals surface area contributed by atoms with Crippen molar-refractivity contribution in [3.8, 4) is 0 Å². The Morgan fingerprint density at radius 2 is 2.41 bits per heavy atom. The Bertz CT molecular complexity index is 486. The maximum atomic E-state index is 11.8. The second kappa shape index (κ2) is 5.20. The van der Waals surface area contributed by atoms with Gasteiger partial charge < -0.3 is 4.74 Å². The molecule has 1 aromatic rings. The zero-order chi connectivity index (χ0) is 12.3. The summed E-state index contributed by atoms with van der Waals surface area (Å²) in [5, 5.41) is 0.440. The summed E-state index contributed by atoms with van der Waals surface area (Å²) >= 11 is 5.74. The first kappa shape index (κ1) is 12.6. The first-order valence-corrected chi connectivity index (χ1v) is 7.32. The largest absolute Gasteiger partial charge is 0.377 e.